The Hall–Kier alpha value is 0.0700. The molecule has 2 rings (SSSR count). The van der Waals surface area contributed by atoms with Gasteiger partial charge in [0.05, 0.1) is 0 Å². The van der Waals surface area contributed by atoms with Gasteiger partial charge in [0.2, 0.25) is 0 Å². The Morgan fingerprint density at radius 1 is 1.47 bits per heavy atom. The van der Waals surface area contributed by atoms with Crippen LogP contribution in [0, 0.1) is 5.92 Å². The van der Waals surface area contributed by atoms with Crippen molar-refractivity contribution >= 4 is 35.0 Å². The predicted octanol–water partition coefficient (Wildman–Crippen LogP) is 3.12. The van der Waals surface area contributed by atoms with Crippen LogP contribution in [0.25, 0.3) is 0 Å². The van der Waals surface area contributed by atoms with E-state index in [2.05, 4.69) is 5.43 Å². The lowest BCUT2D eigenvalue weighted by Crippen LogP contribution is -2.42. The summed E-state index contributed by atoms with van der Waals surface area (Å²) >= 11 is 14.1. The van der Waals surface area contributed by atoms with Crippen LogP contribution >= 0.6 is 35.0 Å². The number of nitrogens with one attached hydrogen (secondary N) is 1. The first kappa shape index (κ1) is 13.5. The van der Waals surface area contributed by atoms with Crippen LogP contribution in [0.15, 0.2) is 18.2 Å². The highest BCUT2D eigenvalue weighted by atomic mass is 35.5. The average molecular weight is 291 g/mol. The van der Waals surface area contributed by atoms with Gasteiger partial charge >= 0.3 is 0 Å². The Bertz CT molecular complexity index is 381. The number of thioether (sulfide) groups is 1. The summed E-state index contributed by atoms with van der Waals surface area (Å²) in [7, 11) is 0. The van der Waals surface area contributed by atoms with Gasteiger partial charge in [-0.3, -0.25) is 11.3 Å². The summed E-state index contributed by atoms with van der Waals surface area (Å²) in [6.07, 6.45) is 2.09. The molecule has 1 saturated heterocycles. The second kappa shape index (κ2) is 6.30. The third kappa shape index (κ3) is 3.52. The summed E-state index contributed by atoms with van der Waals surface area (Å²) < 4.78 is 0. The Morgan fingerprint density at radius 2 is 2.29 bits per heavy atom. The van der Waals surface area contributed by atoms with Crippen molar-refractivity contribution in [2.24, 2.45) is 11.8 Å². The monoisotopic (exact) mass is 290 g/mol. The van der Waals surface area contributed by atoms with Gasteiger partial charge in [0.15, 0.2) is 0 Å². The van der Waals surface area contributed by atoms with Crippen molar-refractivity contribution in [3.63, 3.8) is 0 Å². The van der Waals surface area contributed by atoms with Crippen LogP contribution in [0.2, 0.25) is 10.0 Å². The summed E-state index contributed by atoms with van der Waals surface area (Å²) in [5.41, 5.74) is 4.04. The van der Waals surface area contributed by atoms with E-state index >= 15 is 0 Å². The molecule has 1 aliphatic heterocycles. The molecule has 0 amide bonds. The fraction of sp³-hybridized carbons (Fsp3) is 0.500. The summed E-state index contributed by atoms with van der Waals surface area (Å²) in [5, 5.41) is 1.40. The number of hydrogen-bond donors (Lipinski definition) is 2. The average Bonchev–Trinajstić information content (AvgIpc) is 2.81. The number of hydrogen-bond acceptors (Lipinski definition) is 3. The highest BCUT2D eigenvalue weighted by molar-refractivity contribution is 7.99. The van der Waals surface area contributed by atoms with Crippen molar-refractivity contribution in [3.8, 4) is 0 Å². The van der Waals surface area contributed by atoms with Crippen LogP contribution < -0.4 is 11.3 Å². The van der Waals surface area contributed by atoms with E-state index < -0.39 is 0 Å². The number of halogens is 2. The van der Waals surface area contributed by atoms with Crippen molar-refractivity contribution in [1.82, 2.24) is 5.43 Å². The molecule has 1 heterocycles. The molecule has 2 unspecified atom stereocenters. The van der Waals surface area contributed by atoms with Gasteiger partial charge in [0, 0.05) is 16.1 Å². The molecule has 0 aliphatic carbocycles. The quantitative estimate of drug-likeness (QED) is 0.661. The molecule has 1 aliphatic rings. The van der Waals surface area contributed by atoms with Crippen LogP contribution in [0.3, 0.4) is 0 Å². The molecule has 1 fully saturated rings. The Kier molecular flexibility index (Phi) is 5.00. The van der Waals surface area contributed by atoms with Crippen LogP contribution in [-0.4, -0.2) is 17.5 Å². The van der Waals surface area contributed by atoms with Gasteiger partial charge in [0.1, 0.15) is 0 Å². The lowest BCUT2D eigenvalue weighted by atomic mass is 9.93. The van der Waals surface area contributed by atoms with Gasteiger partial charge in [0.25, 0.3) is 0 Å². The molecule has 1 aromatic carbocycles. The largest absolute Gasteiger partial charge is 0.271 e. The van der Waals surface area contributed by atoms with E-state index in [1.807, 2.05) is 23.9 Å². The van der Waals surface area contributed by atoms with E-state index in [1.165, 1.54) is 17.9 Å². The molecule has 0 aromatic heterocycles. The first-order valence-electron chi connectivity index (χ1n) is 5.68. The number of benzene rings is 1. The summed E-state index contributed by atoms with van der Waals surface area (Å²) in [6.45, 7) is 0. The van der Waals surface area contributed by atoms with Gasteiger partial charge < -0.3 is 0 Å². The zero-order chi connectivity index (χ0) is 12.3. The van der Waals surface area contributed by atoms with E-state index in [-0.39, 0.29) is 0 Å². The first-order chi connectivity index (χ1) is 8.20. The van der Waals surface area contributed by atoms with Gasteiger partial charge in [-0.2, -0.15) is 11.8 Å². The smallest absolute Gasteiger partial charge is 0.0453 e. The van der Waals surface area contributed by atoms with E-state index in [1.54, 1.807) is 6.07 Å². The molecule has 0 radical (unpaired) electrons. The Labute approximate surface area is 116 Å². The molecule has 3 N–H and O–H groups in total. The number of rotatable bonds is 4. The molecule has 0 bridgehead atoms. The van der Waals surface area contributed by atoms with E-state index in [0.29, 0.717) is 17.0 Å². The zero-order valence-corrected chi connectivity index (χ0v) is 11.8. The lowest BCUT2D eigenvalue weighted by Gasteiger charge is -2.22. The molecule has 0 spiro atoms. The molecule has 17 heavy (non-hydrogen) atoms. The highest BCUT2D eigenvalue weighted by Crippen LogP contribution is 2.29. The number of hydrazine groups is 1. The van der Waals surface area contributed by atoms with Crippen LogP contribution in [0.1, 0.15) is 12.0 Å². The fourth-order valence-electron chi connectivity index (χ4n) is 2.16. The van der Waals surface area contributed by atoms with Gasteiger partial charge in [-0.25, -0.2) is 0 Å². The molecule has 2 atom stereocenters. The Morgan fingerprint density at radius 3 is 2.88 bits per heavy atom. The Balaban J connectivity index is 2.06. The van der Waals surface area contributed by atoms with Crippen molar-refractivity contribution in [3.05, 3.63) is 33.8 Å². The molecule has 94 valence electrons. The maximum absolute atomic E-state index is 6.18. The van der Waals surface area contributed by atoms with Crippen LogP contribution in [0.5, 0.6) is 0 Å². The van der Waals surface area contributed by atoms with E-state index in [0.717, 1.165) is 17.0 Å². The molecule has 1 aromatic rings. The molecule has 5 heteroatoms. The minimum Gasteiger partial charge on any atom is -0.271 e. The maximum atomic E-state index is 6.18. The normalized spacial score (nSPS) is 21.7. The van der Waals surface area contributed by atoms with Crippen molar-refractivity contribution < 1.29 is 0 Å². The van der Waals surface area contributed by atoms with Crippen molar-refractivity contribution in [2.45, 2.75) is 18.9 Å². The third-order valence-electron chi connectivity index (χ3n) is 3.20. The third-order valence-corrected chi connectivity index (χ3v) is 4.98. The minimum atomic E-state index is 0.295. The maximum Gasteiger partial charge on any atom is 0.0453 e. The summed E-state index contributed by atoms with van der Waals surface area (Å²) in [6, 6.07) is 5.94. The first-order valence-corrected chi connectivity index (χ1v) is 7.59. The molecule has 2 nitrogen and oxygen atoms in total. The topological polar surface area (TPSA) is 38.0 Å². The minimum absolute atomic E-state index is 0.295. The second-order valence-corrected chi connectivity index (χ2v) is 6.33. The van der Waals surface area contributed by atoms with Crippen molar-refractivity contribution in [1.29, 1.82) is 0 Å². The van der Waals surface area contributed by atoms with E-state index in [4.69, 9.17) is 29.0 Å². The van der Waals surface area contributed by atoms with Crippen LogP contribution in [0.4, 0.5) is 0 Å². The van der Waals surface area contributed by atoms with Gasteiger partial charge in [-0.05, 0) is 48.0 Å². The zero-order valence-electron chi connectivity index (χ0n) is 9.46. The summed E-state index contributed by atoms with van der Waals surface area (Å²) in [5.74, 6) is 8.70. The summed E-state index contributed by atoms with van der Waals surface area (Å²) in [4.78, 5) is 0. The van der Waals surface area contributed by atoms with Gasteiger partial charge in [-0.1, -0.05) is 29.3 Å². The molecular weight excluding hydrogens is 275 g/mol. The van der Waals surface area contributed by atoms with Crippen molar-refractivity contribution in [2.75, 3.05) is 11.5 Å². The number of nitrogens with two attached hydrogens (primary N) is 1. The van der Waals surface area contributed by atoms with Crippen LogP contribution in [-0.2, 0) is 6.42 Å². The lowest BCUT2D eigenvalue weighted by molar-refractivity contribution is 0.386. The predicted molar refractivity (Wildman–Crippen MR) is 76.7 cm³/mol. The fourth-order valence-corrected chi connectivity index (χ4v) is 3.98. The molecule has 0 saturated carbocycles. The standard InChI is InChI=1S/C12H16Cl2N2S/c13-10-2-1-8(11(14)6-10)5-12(16-15)9-3-4-17-7-9/h1-2,6,9,12,16H,3-5,7,15H2. The SMILES string of the molecule is NNC(Cc1ccc(Cl)cc1Cl)C1CCSC1. The highest BCUT2D eigenvalue weighted by Gasteiger charge is 2.25. The second-order valence-electron chi connectivity index (χ2n) is 4.34. The van der Waals surface area contributed by atoms with Gasteiger partial charge in [-0.15, -0.1) is 0 Å². The molecular formula is C12H16Cl2N2S. The van der Waals surface area contributed by atoms with E-state index in [9.17, 15) is 0 Å².